The van der Waals surface area contributed by atoms with Gasteiger partial charge in [-0.2, -0.15) is 5.10 Å². The number of benzene rings is 1. The molecule has 2 N–H and O–H groups in total. The molecule has 2 aromatic heterocycles. The molecule has 124 valence electrons. The highest BCUT2D eigenvalue weighted by Crippen LogP contribution is 2.39. The first-order chi connectivity index (χ1) is 11.6. The van der Waals surface area contributed by atoms with Gasteiger partial charge in [0.15, 0.2) is 5.82 Å². The van der Waals surface area contributed by atoms with Crippen LogP contribution in [-0.2, 0) is 5.75 Å². The van der Waals surface area contributed by atoms with Gasteiger partial charge in [0.25, 0.3) is 0 Å². The van der Waals surface area contributed by atoms with Gasteiger partial charge in [-0.3, -0.25) is 0 Å². The molecule has 1 aromatic carbocycles. The van der Waals surface area contributed by atoms with Crippen molar-refractivity contribution in [3.8, 4) is 5.69 Å². The Morgan fingerprint density at radius 1 is 1.25 bits per heavy atom. The van der Waals surface area contributed by atoms with Crippen LogP contribution in [0.1, 0.15) is 35.8 Å². The predicted molar refractivity (Wildman–Crippen MR) is 95.0 cm³/mol. The minimum absolute atomic E-state index is 0.475. The Hall–Kier alpha value is -1.99. The van der Waals surface area contributed by atoms with Gasteiger partial charge in [0, 0.05) is 17.2 Å². The Kier molecular flexibility index (Phi) is 3.97. The highest BCUT2D eigenvalue weighted by atomic mass is 35.5. The molecule has 0 spiro atoms. The second-order valence-electron chi connectivity index (χ2n) is 5.88. The van der Waals surface area contributed by atoms with Crippen molar-refractivity contribution in [2.24, 2.45) is 0 Å². The molecule has 0 amide bonds. The third kappa shape index (κ3) is 2.78. The Labute approximate surface area is 149 Å². The summed E-state index contributed by atoms with van der Waals surface area (Å²) in [6.45, 7) is 1.96. The van der Waals surface area contributed by atoms with Crippen molar-refractivity contribution in [1.82, 2.24) is 24.7 Å². The second-order valence-corrected chi connectivity index (χ2v) is 7.18. The first kappa shape index (κ1) is 15.5. The van der Waals surface area contributed by atoms with Crippen LogP contribution in [0.25, 0.3) is 5.69 Å². The molecule has 0 aliphatic heterocycles. The van der Waals surface area contributed by atoms with Gasteiger partial charge in [-0.05, 0) is 31.9 Å². The summed E-state index contributed by atoms with van der Waals surface area (Å²) in [7, 11) is 0. The molecule has 2 heterocycles. The van der Waals surface area contributed by atoms with Gasteiger partial charge in [0.1, 0.15) is 5.15 Å². The third-order valence-electron chi connectivity index (χ3n) is 4.10. The molecule has 4 rings (SSSR count). The van der Waals surface area contributed by atoms with Gasteiger partial charge >= 0.3 is 0 Å². The van der Waals surface area contributed by atoms with Crippen molar-refractivity contribution in [1.29, 1.82) is 0 Å². The van der Waals surface area contributed by atoms with Crippen molar-refractivity contribution in [3.05, 3.63) is 52.6 Å². The van der Waals surface area contributed by atoms with E-state index in [4.69, 9.17) is 17.4 Å². The molecule has 3 aromatic rings. The van der Waals surface area contributed by atoms with Gasteiger partial charge in [0.05, 0.1) is 11.4 Å². The van der Waals surface area contributed by atoms with Crippen LogP contribution in [0.3, 0.4) is 0 Å². The molecule has 0 saturated heterocycles. The maximum absolute atomic E-state index is 6.55. The van der Waals surface area contributed by atoms with Crippen LogP contribution in [-0.4, -0.2) is 24.7 Å². The van der Waals surface area contributed by atoms with Crippen LogP contribution in [0.15, 0.2) is 35.5 Å². The number of para-hydroxylation sites is 1. The highest BCUT2D eigenvalue weighted by molar-refractivity contribution is 7.98. The van der Waals surface area contributed by atoms with Gasteiger partial charge in [-0.25, -0.2) is 9.36 Å². The Bertz CT molecular complexity index is 868. The van der Waals surface area contributed by atoms with E-state index in [0.29, 0.717) is 22.0 Å². The van der Waals surface area contributed by atoms with Crippen molar-refractivity contribution < 1.29 is 0 Å². The molecule has 0 unspecified atom stereocenters. The number of nitrogens with two attached hydrogens (primary N) is 1. The lowest BCUT2D eigenvalue weighted by atomic mass is 10.3. The fourth-order valence-electron chi connectivity index (χ4n) is 2.58. The largest absolute Gasteiger partial charge is 0.336 e. The Morgan fingerprint density at radius 2 is 2.00 bits per heavy atom. The summed E-state index contributed by atoms with van der Waals surface area (Å²) in [4.78, 5) is 0. The molecular weight excluding hydrogens is 344 g/mol. The number of rotatable bonds is 5. The molecule has 24 heavy (non-hydrogen) atoms. The summed E-state index contributed by atoms with van der Waals surface area (Å²) in [6.07, 6.45) is 2.30. The molecule has 0 bridgehead atoms. The molecular formula is C16H17ClN6S. The van der Waals surface area contributed by atoms with E-state index in [1.54, 1.807) is 9.36 Å². The highest BCUT2D eigenvalue weighted by Gasteiger charge is 2.30. The number of nitrogens with zero attached hydrogens (tertiary/aromatic N) is 5. The molecule has 0 atom stereocenters. The van der Waals surface area contributed by atoms with E-state index >= 15 is 0 Å². The average Bonchev–Trinajstić information content (AvgIpc) is 3.31. The molecule has 8 heteroatoms. The van der Waals surface area contributed by atoms with E-state index < -0.39 is 0 Å². The fraction of sp³-hybridized carbons (Fsp3) is 0.312. The van der Waals surface area contributed by atoms with E-state index in [1.807, 2.05) is 37.3 Å². The van der Waals surface area contributed by atoms with Crippen molar-refractivity contribution in [3.63, 3.8) is 0 Å². The lowest BCUT2D eigenvalue weighted by Crippen LogP contribution is -2.13. The van der Waals surface area contributed by atoms with Crippen LogP contribution in [0.4, 0.5) is 0 Å². The predicted octanol–water partition coefficient (Wildman–Crippen LogP) is 3.31. The third-order valence-corrected chi connectivity index (χ3v) is 5.46. The average molecular weight is 361 g/mol. The van der Waals surface area contributed by atoms with E-state index in [0.717, 1.165) is 35.6 Å². The SMILES string of the molecule is Cc1nn(-c2ccccc2)c(Cl)c1CSc1nnc(C2CC2)n1N. The molecule has 1 fully saturated rings. The molecule has 1 saturated carbocycles. The monoisotopic (exact) mass is 360 g/mol. The number of thioether (sulfide) groups is 1. The van der Waals surface area contributed by atoms with Gasteiger partial charge in [0.2, 0.25) is 5.16 Å². The fourth-order valence-corrected chi connectivity index (χ4v) is 3.95. The second kappa shape index (κ2) is 6.14. The minimum Gasteiger partial charge on any atom is -0.336 e. The first-order valence-corrected chi connectivity index (χ1v) is 9.14. The molecule has 0 radical (unpaired) electrons. The summed E-state index contributed by atoms with van der Waals surface area (Å²) in [5.74, 6) is 8.10. The van der Waals surface area contributed by atoms with Crippen molar-refractivity contribution >= 4 is 23.4 Å². The van der Waals surface area contributed by atoms with Gasteiger partial charge in [-0.15, -0.1) is 10.2 Å². The maximum Gasteiger partial charge on any atom is 0.210 e. The quantitative estimate of drug-likeness (QED) is 0.558. The summed E-state index contributed by atoms with van der Waals surface area (Å²) < 4.78 is 3.36. The minimum atomic E-state index is 0.475. The summed E-state index contributed by atoms with van der Waals surface area (Å²) >= 11 is 8.08. The summed E-state index contributed by atoms with van der Waals surface area (Å²) in [6, 6.07) is 9.86. The van der Waals surface area contributed by atoms with Gasteiger partial charge in [-0.1, -0.05) is 41.6 Å². The van der Waals surface area contributed by atoms with Crippen LogP contribution >= 0.6 is 23.4 Å². The number of halogens is 1. The normalized spacial score (nSPS) is 14.2. The van der Waals surface area contributed by atoms with E-state index in [1.165, 1.54) is 11.8 Å². The number of nitrogen functional groups attached to an aromatic ring is 1. The van der Waals surface area contributed by atoms with Crippen LogP contribution < -0.4 is 5.84 Å². The zero-order valence-corrected chi connectivity index (χ0v) is 14.8. The summed E-state index contributed by atoms with van der Waals surface area (Å²) in [5, 5.41) is 14.3. The number of hydrogen-bond donors (Lipinski definition) is 1. The summed E-state index contributed by atoms with van der Waals surface area (Å²) in [5.41, 5.74) is 2.84. The smallest absolute Gasteiger partial charge is 0.210 e. The van der Waals surface area contributed by atoms with E-state index in [2.05, 4.69) is 15.3 Å². The van der Waals surface area contributed by atoms with Crippen LogP contribution in [0.2, 0.25) is 5.15 Å². The maximum atomic E-state index is 6.55. The topological polar surface area (TPSA) is 74.5 Å². The van der Waals surface area contributed by atoms with Crippen LogP contribution in [0.5, 0.6) is 0 Å². The molecule has 6 nitrogen and oxygen atoms in total. The lowest BCUT2D eigenvalue weighted by molar-refractivity contribution is 0.790. The van der Waals surface area contributed by atoms with Crippen molar-refractivity contribution in [2.75, 3.05) is 5.84 Å². The molecule has 1 aliphatic rings. The van der Waals surface area contributed by atoms with Crippen LogP contribution in [0, 0.1) is 6.92 Å². The Morgan fingerprint density at radius 3 is 2.71 bits per heavy atom. The van der Waals surface area contributed by atoms with Crippen molar-refractivity contribution in [2.45, 2.75) is 36.6 Å². The Balaban J connectivity index is 1.56. The first-order valence-electron chi connectivity index (χ1n) is 7.77. The zero-order chi connectivity index (χ0) is 16.7. The molecule has 1 aliphatic carbocycles. The number of aromatic nitrogens is 5. The number of hydrogen-bond acceptors (Lipinski definition) is 5. The zero-order valence-electron chi connectivity index (χ0n) is 13.2. The van der Waals surface area contributed by atoms with Gasteiger partial charge < -0.3 is 5.84 Å². The van der Waals surface area contributed by atoms with E-state index in [9.17, 15) is 0 Å². The lowest BCUT2D eigenvalue weighted by Gasteiger charge is -2.04. The number of aryl methyl sites for hydroxylation is 1. The van der Waals surface area contributed by atoms with E-state index in [-0.39, 0.29) is 0 Å². The standard InChI is InChI=1S/C16H17ClN6S/c1-10-13(14(17)23(21-10)12-5-3-2-4-6-12)9-24-16-20-19-15(22(16)18)11-7-8-11/h2-6,11H,7-9,18H2,1H3.